The van der Waals surface area contributed by atoms with Crippen LogP contribution in [0.1, 0.15) is 57.2 Å². The molecule has 0 radical (unpaired) electrons. The Bertz CT molecular complexity index is 443. The minimum Gasteiger partial charge on any atom is -0.496 e. The van der Waals surface area contributed by atoms with Gasteiger partial charge in [-0.2, -0.15) is 0 Å². The first kappa shape index (κ1) is 15.4. The summed E-state index contributed by atoms with van der Waals surface area (Å²) in [7, 11) is 1.76. The van der Waals surface area contributed by atoms with Gasteiger partial charge in [0.15, 0.2) is 0 Å². The molecule has 1 aromatic rings. The molecule has 0 saturated heterocycles. The summed E-state index contributed by atoms with van der Waals surface area (Å²) in [4.78, 5) is 0. The maximum atomic E-state index is 5.52. The van der Waals surface area contributed by atoms with Crippen LogP contribution in [-0.4, -0.2) is 13.2 Å². The van der Waals surface area contributed by atoms with E-state index in [4.69, 9.17) is 4.74 Å². The van der Waals surface area contributed by atoms with Gasteiger partial charge in [0.2, 0.25) is 0 Å². The molecule has 0 heterocycles. The topological polar surface area (TPSA) is 21.3 Å². The largest absolute Gasteiger partial charge is 0.496 e. The Labute approximate surface area is 123 Å². The number of nitrogens with one attached hydrogen (secondary N) is 1. The van der Waals surface area contributed by atoms with Gasteiger partial charge in [-0.3, -0.25) is 0 Å². The lowest BCUT2D eigenvalue weighted by molar-refractivity contribution is 0.323. The lowest BCUT2D eigenvalue weighted by atomic mass is 9.93. The Hall–Kier alpha value is -1.02. The number of benzene rings is 1. The Morgan fingerprint density at radius 3 is 2.70 bits per heavy atom. The smallest absolute Gasteiger partial charge is 0.123 e. The molecule has 1 aromatic carbocycles. The summed E-state index contributed by atoms with van der Waals surface area (Å²) in [5.74, 6) is 2.66. The molecule has 1 aliphatic rings. The van der Waals surface area contributed by atoms with E-state index in [1.165, 1.54) is 30.4 Å². The number of ether oxygens (including phenoxy) is 1. The molecular formula is C18H29NO. The third-order valence-corrected chi connectivity index (χ3v) is 5.07. The van der Waals surface area contributed by atoms with Crippen LogP contribution in [0.25, 0.3) is 0 Å². The molecule has 2 rings (SSSR count). The molecule has 0 aromatic heterocycles. The molecule has 0 aliphatic heterocycles. The minimum absolute atomic E-state index is 0.341. The SMILES string of the molecule is CCC1CCC(NC(C)c2cc(C)ccc2OC)C1C. The van der Waals surface area contributed by atoms with Crippen molar-refractivity contribution in [3.8, 4) is 5.75 Å². The number of rotatable bonds is 5. The van der Waals surface area contributed by atoms with Gasteiger partial charge >= 0.3 is 0 Å². The average molecular weight is 275 g/mol. The van der Waals surface area contributed by atoms with E-state index in [0.29, 0.717) is 12.1 Å². The van der Waals surface area contributed by atoms with Crippen LogP contribution in [-0.2, 0) is 0 Å². The molecule has 4 unspecified atom stereocenters. The van der Waals surface area contributed by atoms with E-state index in [2.05, 4.69) is 51.2 Å². The first-order chi connectivity index (χ1) is 9.56. The summed E-state index contributed by atoms with van der Waals surface area (Å²) in [6, 6.07) is 7.41. The Morgan fingerprint density at radius 2 is 2.10 bits per heavy atom. The van der Waals surface area contributed by atoms with Gasteiger partial charge in [-0.05, 0) is 44.6 Å². The highest BCUT2D eigenvalue weighted by Crippen LogP contribution is 2.36. The van der Waals surface area contributed by atoms with Crippen LogP contribution in [0.15, 0.2) is 18.2 Å². The Morgan fingerprint density at radius 1 is 1.35 bits per heavy atom. The van der Waals surface area contributed by atoms with Crippen molar-refractivity contribution in [1.29, 1.82) is 0 Å². The predicted octanol–water partition coefficient (Wildman–Crippen LogP) is 4.48. The molecule has 2 nitrogen and oxygen atoms in total. The van der Waals surface area contributed by atoms with Gasteiger partial charge in [0.25, 0.3) is 0 Å². The van der Waals surface area contributed by atoms with Gasteiger partial charge in [0.05, 0.1) is 7.11 Å². The Balaban J connectivity index is 2.09. The van der Waals surface area contributed by atoms with Crippen molar-refractivity contribution >= 4 is 0 Å². The predicted molar refractivity (Wildman–Crippen MR) is 85.2 cm³/mol. The van der Waals surface area contributed by atoms with E-state index in [1.54, 1.807) is 7.11 Å². The van der Waals surface area contributed by atoms with Crippen molar-refractivity contribution in [2.24, 2.45) is 11.8 Å². The second-order valence-electron chi connectivity index (χ2n) is 6.35. The van der Waals surface area contributed by atoms with E-state index in [-0.39, 0.29) is 0 Å². The molecule has 0 spiro atoms. The van der Waals surface area contributed by atoms with Gasteiger partial charge in [0.1, 0.15) is 5.75 Å². The van der Waals surface area contributed by atoms with Crippen LogP contribution >= 0.6 is 0 Å². The zero-order chi connectivity index (χ0) is 14.7. The van der Waals surface area contributed by atoms with Gasteiger partial charge in [-0.25, -0.2) is 0 Å². The second kappa shape index (κ2) is 6.62. The van der Waals surface area contributed by atoms with Crippen molar-refractivity contribution in [1.82, 2.24) is 5.32 Å². The summed E-state index contributed by atoms with van der Waals surface area (Å²) in [6.07, 6.45) is 3.98. The van der Waals surface area contributed by atoms with Crippen LogP contribution in [0.5, 0.6) is 5.75 Å². The van der Waals surface area contributed by atoms with Crippen molar-refractivity contribution in [3.63, 3.8) is 0 Å². The van der Waals surface area contributed by atoms with E-state index in [9.17, 15) is 0 Å². The quantitative estimate of drug-likeness (QED) is 0.855. The second-order valence-corrected chi connectivity index (χ2v) is 6.35. The van der Waals surface area contributed by atoms with Crippen molar-refractivity contribution in [2.75, 3.05) is 7.11 Å². The summed E-state index contributed by atoms with van der Waals surface area (Å²) in [5, 5.41) is 3.83. The molecule has 2 heteroatoms. The van der Waals surface area contributed by atoms with Gasteiger partial charge < -0.3 is 10.1 Å². The van der Waals surface area contributed by atoms with Gasteiger partial charge in [0, 0.05) is 17.6 Å². The van der Waals surface area contributed by atoms with Crippen molar-refractivity contribution in [2.45, 2.75) is 59.0 Å². The summed E-state index contributed by atoms with van der Waals surface area (Å²) in [6.45, 7) is 9.11. The molecule has 1 saturated carbocycles. The summed E-state index contributed by atoms with van der Waals surface area (Å²) >= 11 is 0. The van der Waals surface area contributed by atoms with Gasteiger partial charge in [-0.1, -0.05) is 38.0 Å². The fourth-order valence-electron chi connectivity index (χ4n) is 3.66. The van der Waals surface area contributed by atoms with E-state index >= 15 is 0 Å². The number of methoxy groups -OCH3 is 1. The number of aryl methyl sites for hydroxylation is 1. The first-order valence-corrected chi connectivity index (χ1v) is 7.97. The van der Waals surface area contributed by atoms with Crippen LogP contribution < -0.4 is 10.1 Å². The van der Waals surface area contributed by atoms with Crippen LogP contribution in [0.4, 0.5) is 0 Å². The zero-order valence-electron chi connectivity index (χ0n) is 13.6. The highest BCUT2D eigenvalue weighted by molar-refractivity contribution is 5.39. The molecule has 1 fully saturated rings. The fraction of sp³-hybridized carbons (Fsp3) is 0.667. The van der Waals surface area contributed by atoms with Crippen LogP contribution in [0.3, 0.4) is 0 Å². The molecule has 112 valence electrons. The maximum absolute atomic E-state index is 5.52. The first-order valence-electron chi connectivity index (χ1n) is 7.97. The molecular weight excluding hydrogens is 246 g/mol. The zero-order valence-corrected chi connectivity index (χ0v) is 13.6. The molecule has 4 atom stereocenters. The molecule has 1 N–H and O–H groups in total. The Kier molecular flexibility index (Phi) is 5.09. The third kappa shape index (κ3) is 3.17. The standard InChI is InChI=1S/C18H29NO/c1-6-15-8-9-17(13(15)3)19-14(4)16-11-12(2)7-10-18(16)20-5/h7,10-11,13-15,17,19H,6,8-9H2,1-5H3. The minimum atomic E-state index is 0.341. The highest BCUT2D eigenvalue weighted by Gasteiger charge is 2.32. The van der Waals surface area contributed by atoms with E-state index in [1.807, 2.05) is 0 Å². The highest BCUT2D eigenvalue weighted by atomic mass is 16.5. The summed E-state index contributed by atoms with van der Waals surface area (Å²) in [5.41, 5.74) is 2.57. The van der Waals surface area contributed by atoms with Crippen LogP contribution in [0.2, 0.25) is 0 Å². The van der Waals surface area contributed by atoms with E-state index < -0.39 is 0 Å². The maximum Gasteiger partial charge on any atom is 0.123 e. The molecule has 1 aliphatic carbocycles. The molecule has 0 bridgehead atoms. The fourth-order valence-corrected chi connectivity index (χ4v) is 3.66. The van der Waals surface area contributed by atoms with E-state index in [0.717, 1.165) is 17.6 Å². The molecule has 20 heavy (non-hydrogen) atoms. The summed E-state index contributed by atoms with van der Waals surface area (Å²) < 4.78 is 5.52. The molecule has 0 amide bonds. The number of hydrogen-bond acceptors (Lipinski definition) is 2. The lowest BCUT2D eigenvalue weighted by Crippen LogP contribution is -2.34. The lowest BCUT2D eigenvalue weighted by Gasteiger charge is -2.26. The van der Waals surface area contributed by atoms with Crippen molar-refractivity contribution < 1.29 is 4.74 Å². The van der Waals surface area contributed by atoms with Crippen LogP contribution in [0, 0.1) is 18.8 Å². The van der Waals surface area contributed by atoms with Gasteiger partial charge in [-0.15, -0.1) is 0 Å². The van der Waals surface area contributed by atoms with Crippen molar-refractivity contribution in [3.05, 3.63) is 29.3 Å². The normalized spacial score (nSPS) is 27.6. The number of hydrogen-bond donors (Lipinski definition) is 1. The monoisotopic (exact) mass is 275 g/mol. The third-order valence-electron chi connectivity index (χ3n) is 5.07. The average Bonchev–Trinajstić information content (AvgIpc) is 2.79.